The normalized spacial score (nSPS) is 9.95. The second-order valence-electron chi connectivity index (χ2n) is 4.02. The van der Waals surface area contributed by atoms with Gasteiger partial charge in [0.25, 0.3) is 0 Å². The zero-order valence-electron chi connectivity index (χ0n) is 10.7. The highest BCUT2D eigenvalue weighted by atomic mass is 35.5. The number of aromatic carboxylic acids is 1. The van der Waals surface area contributed by atoms with Gasteiger partial charge in [-0.1, -0.05) is 11.6 Å². The van der Waals surface area contributed by atoms with Gasteiger partial charge in [0.15, 0.2) is 0 Å². The van der Waals surface area contributed by atoms with Gasteiger partial charge in [0.2, 0.25) is 0 Å². The summed E-state index contributed by atoms with van der Waals surface area (Å²) in [6.45, 7) is 0.207. The summed E-state index contributed by atoms with van der Waals surface area (Å²) in [5.74, 6) is -1.16. The van der Waals surface area contributed by atoms with E-state index in [4.69, 9.17) is 16.7 Å². The molecule has 7 nitrogen and oxygen atoms in total. The number of carboxylic acid groups (broad SMARTS) is 1. The standard InChI is InChI=1S/C13H11ClN4O3/c14-11-4-3-8(6-10(11)12(19)20)17-13(21)15-7-9-2-1-5-16-18-9/h1-6H,7H2,(H,19,20)(H2,15,17,21). The van der Waals surface area contributed by atoms with Crippen LogP contribution in [-0.4, -0.2) is 27.3 Å². The number of hydrogen-bond donors (Lipinski definition) is 3. The molecule has 1 aromatic heterocycles. The summed E-state index contributed by atoms with van der Waals surface area (Å²) in [4.78, 5) is 22.6. The molecule has 0 saturated heterocycles. The number of hydrogen-bond acceptors (Lipinski definition) is 4. The average Bonchev–Trinajstić information content (AvgIpc) is 2.48. The highest BCUT2D eigenvalue weighted by Crippen LogP contribution is 2.20. The largest absolute Gasteiger partial charge is 0.478 e. The first-order valence-electron chi connectivity index (χ1n) is 5.90. The summed E-state index contributed by atoms with van der Waals surface area (Å²) >= 11 is 5.74. The van der Waals surface area contributed by atoms with Gasteiger partial charge in [0.1, 0.15) is 0 Å². The quantitative estimate of drug-likeness (QED) is 0.803. The SMILES string of the molecule is O=C(NCc1cccnn1)Nc1ccc(Cl)c(C(=O)O)c1. The van der Waals surface area contributed by atoms with E-state index in [2.05, 4.69) is 20.8 Å². The average molecular weight is 307 g/mol. The molecule has 0 aliphatic carbocycles. The number of rotatable bonds is 4. The number of nitrogens with one attached hydrogen (secondary N) is 2. The molecule has 0 aliphatic heterocycles. The lowest BCUT2D eigenvalue weighted by atomic mass is 10.2. The fourth-order valence-corrected chi connectivity index (χ4v) is 1.74. The molecule has 0 fully saturated rings. The maximum atomic E-state index is 11.7. The Bertz CT molecular complexity index is 664. The minimum absolute atomic E-state index is 0.0802. The van der Waals surface area contributed by atoms with Crippen molar-refractivity contribution in [3.05, 3.63) is 52.8 Å². The molecular formula is C13H11ClN4O3. The molecule has 0 unspecified atom stereocenters. The van der Waals surface area contributed by atoms with E-state index in [1.165, 1.54) is 24.4 Å². The molecule has 2 aromatic rings. The van der Waals surface area contributed by atoms with Crippen LogP contribution in [0, 0.1) is 0 Å². The zero-order valence-corrected chi connectivity index (χ0v) is 11.5. The molecule has 0 atom stereocenters. The number of anilines is 1. The highest BCUT2D eigenvalue weighted by Gasteiger charge is 2.10. The number of amides is 2. The number of carbonyl (C=O) groups is 2. The van der Waals surface area contributed by atoms with Crippen LogP contribution in [0.5, 0.6) is 0 Å². The fourth-order valence-electron chi connectivity index (χ4n) is 1.54. The predicted molar refractivity (Wildman–Crippen MR) is 76.3 cm³/mol. The predicted octanol–water partition coefficient (Wildman–Crippen LogP) is 2.15. The van der Waals surface area contributed by atoms with Gasteiger partial charge < -0.3 is 15.7 Å². The van der Waals surface area contributed by atoms with Gasteiger partial charge in [0, 0.05) is 11.9 Å². The van der Waals surface area contributed by atoms with Gasteiger partial charge in [-0.15, -0.1) is 0 Å². The molecule has 0 radical (unpaired) electrons. The summed E-state index contributed by atoms with van der Waals surface area (Å²) in [6, 6.07) is 7.14. The summed E-state index contributed by atoms with van der Waals surface area (Å²) in [6.07, 6.45) is 1.53. The third-order valence-electron chi connectivity index (χ3n) is 2.51. The Balaban J connectivity index is 1.97. The van der Waals surface area contributed by atoms with Crippen LogP contribution in [0.25, 0.3) is 0 Å². The second kappa shape index (κ2) is 6.67. The van der Waals surface area contributed by atoms with Crippen LogP contribution in [0.2, 0.25) is 5.02 Å². The van der Waals surface area contributed by atoms with Crippen LogP contribution in [-0.2, 0) is 6.54 Å². The molecule has 2 rings (SSSR count). The minimum Gasteiger partial charge on any atom is -0.478 e. The van der Waals surface area contributed by atoms with E-state index in [0.717, 1.165) is 0 Å². The molecular weight excluding hydrogens is 296 g/mol. The lowest BCUT2D eigenvalue weighted by molar-refractivity contribution is 0.0697. The second-order valence-corrected chi connectivity index (χ2v) is 4.43. The van der Waals surface area contributed by atoms with Gasteiger partial charge >= 0.3 is 12.0 Å². The van der Waals surface area contributed by atoms with Gasteiger partial charge in [-0.2, -0.15) is 10.2 Å². The van der Waals surface area contributed by atoms with Gasteiger partial charge in [-0.05, 0) is 30.3 Å². The van der Waals surface area contributed by atoms with Gasteiger partial charge in [-0.3, -0.25) is 0 Å². The number of urea groups is 1. The smallest absolute Gasteiger partial charge is 0.337 e. The number of benzene rings is 1. The Labute approximate surface area is 125 Å². The van der Waals surface area contributed by atoms with E-state index in [1.807, 2.05) is 0 Å². The molecule has 3 N–H and O–H groups in total. The molecule has 0 bridgehead atoms. The van der Waals surface area contributed by atoms with Crippen LogP contribution >= 0.6 is 11.6 Å². The maximum absolute atomic E-state index is 11.7. The number of halogens is 1. The summed E-state index contributed by atoms with van der Waals surface area (Å²) in [7, 11) is 0. The van der Waals surface area contributed by atoms with Crippen molar-refractivity contribution in [1.82, 2.24) is 15.5 Å². The Morgan fingerprint density at radius 1 is 1.29 bits per heavy atom. The molecule has 2 amide bonds. The van der Waals surface area contributed by atoms with Crippen molar-refractivity contribution < 1.29 is 14.7 Å². The minimum atomic E-state index is -1.16. The molecule has 0 saturated carbocycles. The van der Waals surface area contributed by atoms with Crippen LogP contribution in [0.15, 0.2) is 36.5 Å². The molecule has 8 heteroatoms. The van der Waals surface area contributed by atoms with Crippen LogP contribution in [0.1, 0.15) is 16.1 Å². The van der Waals surface area contributed by atoms with Crippen LogP contribution in [0.3, 0.4) is 0 Å². The first-order valence-corrected chi connectivity index (χ1v) is 6.28. The van der Waals surface area contributed by atoms with Crippen molar-refractivity contribution in [2.24, 2.45) is 0 Å². The highest BCUT2D eigenvalue weighted by molar-refractivity contribution is 6.33. The summed E-state index contributed by atoms with van der Waals surface area (Å²) < 4.78 is 0. The van der Waals surface area contributed by atoms with E-state index >= 15 is 0 Å². The number of carbonyl (C=O) groups excluding carboxylic acids is 1. The van der Waals surface area contributed by atoms with E-state index in [0.29, 0.717) is 11.4 Å². The Morgan fingerprint density at radius 3 is 2.76 bits per heavy atom. The molecule has 1 heterocycles. The monoisotopic (exact) mass is 306 g/mol. The van der Waals surface area contributed by atoms with Crippen molar-refractivity contribution in [3.8, 4) is 0 Å². The Morgan fingerprint density at radius 2 is 2.10 bits per heavy atom. The molecule has 0 aliphatic rings. The van der Waals surface area contributed by atoms with E-state index in [1.54, 1.807) is 12.1 Å². The first kappa shape index (κ1) is 14.7. The molecule has 21 heavy (non-hydrogen) atoms. The number of aromatic nitrogens is 2. The number of nitrogens with zero attached hydrogens (tertiary/aromatic N) is 2. The fraction of sp³-hybridized carbons (Fsp3) is 0.0769. The molecule has 0 spiro atoms. The van der Waals surface area contributed by atoms with E-state index < -0.39 is 12.0 Å². The van der Waals surface area contributed by atoms with Crippen molar-refractivity contribution in [2.45, 2.75) is 6.54 Å². The Hall–Kier alpha value is -2.67. The molecule has 1 aromatic carbocycles. The van der Waals surface area contributed by atoms with Gasteiger partial charge in [-0.25, -0.2) is 9.59 Å². The third kappa shape index (κ3) is 4.15. The van der Waals surface area contributed by atoms with Crippen LogP contribution in [0.4, 0.5) is 10.5 Å². The van der Waals surface area contributed by atoms with Crippen LogP contribution < -0.4 is 10.6 Å². The molecule has 108 valence electrons. The third-order valence-corrected chi connectivity index (χ3v) is 2.84. The maximum Gasteiger partial charge on any atom is 0.337 e. The van der Waals surface area contributed by atoms with Gasteiger partial charge in [0.05, 0.1) is 22.8 Å². The van der Waals surface area contributed by atoms with Crippen molar-refractivity contribution in [1.29, 1.82) is 0 Å². The lowest BCUT2D eigenvalue weighted by Gasteiger charge is -2.08. The number of carboxylic acids is 1. The first-order chi connectivity index (χ1) is 10.1. The van der Waals surface area contributed by atoms with Crippen molar-refractivity contribution >= 4 is 29.3 Å². The van der Waals surface area contributed by atoms with E-state index in [9.17, 15) is 9.59 Å². The Kier molecular flexibility index (Phi) is 4.68. The van der Waals surface area contributed by atoms with Crippen molar-refractivity contribution in [2.75, 3.05) is 5.32 Å². The summed E-state index contributed by atoms with van der Waals surface area (Å²) in [5.41, 5.74) is 0.854. The summed E-state index contributed by atoms with van der Waals surface area (Å²) in [5, 5.41) is 21.6. The lowest BCUT2D eigenvalue weighted by Crippen LogP contribution is -2.28. The zero-order chi connectivity index (χ0) is 15.2. The van der Waals surface area contributed by atoms with Crippen molar-refractivity contribution in [3.63, 3.8) is 0 Å². The van der Waals surface area contributed by atoms with E-state index in [-0.39, 0.29) is 17.1 Å². The topological polar surface area (TPSA) is 104 Å².